The summed E-state index contributed by atoms with van der Waals surface area (Å²) in [5, 5.41) is 7.36. The van der Waals surface area contributed by atoms with E-state index in [0.29, 0.717) is 18.0 Å². The minimum atomic E-state index is 0.501. The van der Waals surface area contributed by atoms with Gasteiger partial charge in [0.05, 0.1) is 18.9 Å². The van der Waals surface area contributed by atoms with Gasteiger partial charge in [0.1, 0.15) is 5.65 Å². The summed E-state index contributed by atoms with van der Waals surface area (Å²) in [7, 11) is 0. The Morgan fingerprint density at radius 2 is 2.30 bits per heavy atom. The molecule has 0 bridgehead atoms. The van der Waals surface area contributed by atoms with Gasteiger partial charge in [0, 0.05) is 42.0 Å². The Morgan fingerprint density at radius 3 is 3.17 bits per heavy atom. The van der Waals surface area contributed by atoms with Gasteiger partial charge in [0.25, 0.3) is 0 Å². The van der Waals surface area contributed by atoms with Crippen molar-refractivity contribution >= 4 is 21.6 Å². The molecule has 1 aliphatic heterocycles. The Labute approximate surface area is 144 Å². The Balaban J connectivity index is 1.40. The van der Waals surface area contributed by atoms with E-state index >= 15 is 0 Å². The lowest BCUT2D eigenvalue weighted by Gasteiger charge is -2.32. The molecule has 2 fully saturated rings. The first-order chi connectivity index (χ1) is 11.3. The van der Waals surface area contributed by atoms with Crippen molar-refractivity contribution < 1.29 is 4.74 Å². The molecule has 3 heterocycles. The van der Waals surface area contributed by atoms with Crippen LogP contribution in [-0.4, -0.2) is 41.2 Å². The average molecular weight is 379 g/mol. The van der Waals surface area contributed by atoms with Crippen LogP contribution >= 0.6 is 15.9 Å². The largest absolute Gasteiger partial charge is 0.379 e. The molecular formula is C17H23BrN4O. The summed E-state index contributed by atoms with van der Waals surface area (Å²) in [5.74, 6) is 0.668. The van der Waals surface area contributed by atoms with Gasteiger partial charge in [-0.15, -0.1) is 0 Å². The fourth-order valence-corrected chi connectivity index (χ4v) is 4.28. The summed E-state index contributed by atoms with van der Waals surface area (Å²) >= 11 is 3.50. The van der Waals surface area contributed by atoms with Crippen LogP contribution in [0.1, 0.15) is 25.0 Å². The first-order valence-electron chi connectivity index (χ1n) is 8.47. The van der Waals surface area contributed by atoms with Gasteiger partial charge >= 0.3 is 0 Å². The van der Waals surface area contributed by atoms with Crippen LogP contribution in [0.15, 0.2) is 29.0 Å². The second-order valence-electron chi connectivity index (χ2n) is 6.56. The predicted octanol–water partition coefficient (Wildman–Crippen LogP) is 2.34. The number of rotatable bonds is 4. The van der Waals surface area contributed by atoms with Crippen molar-refractivity contribution in [3.8, 4) is 0 Å². The van der Waals surface area contributed by atoms with Gasteiger partial charge < -0.3 is 19.8 Å². The van der Waals surface area contributed by atoms with Crippen LogP contribution < -0.4 is 10.6 Å². The zero-order valence-electron chi connectivity index (χ0n) is 13.2. The Bertz CT molecular complexity index is 668. The zero-order valence-corrected chi connectivity index (χ0v) is 14.8. The number of imidazole rings is 1. The van der Waals surface area contributed by atoms with Crippen molar-refractivity contribution in [2.75, 3.05) is 19.8 Å². The van der Waals surface area contributed by atoms with Crippen molar-refractivity contribution in [2.24, 2.45) is 5.92 Å². The van der Waals surface area contributed by atoms with E-state index in [1.165, 1.54) is 19.3 Å². The summed E-state index contributed by atoms with van der Waals surface area (Å²) in [6.07, 6.45) is 8.00. The summed E-state index contributed by atoms with van der Waals surface area (Å²) in [4.78, 5) is 4.69. The molecule has 1 saturated heterocycles. The first kappa shape index (κ1) is 15.6. The lowest BCUT2D eigenvalue weighted by Crippen LogP contribution is -2.50. The molecule has 124 valence electrons. The molecule has 3 atom stereocenters. The smallest absolute Gasteiger partial charge is 0.137 e. The highest BCUT2D eigenvalue weighted by molar-refractivity contribution is 9.10. The van der Waals surface area contributed by atoms with Crippen LogP contribution in [0.3, 0.4) is 0 Å². The fourth-order valence-electron chi connectivity index (χ4n) is 3.92. The summed E-state index contributed by atoms with van der Waals surface area (Å²) in [6.45, 7) is 3.51. The molecule has 1 saturated carbocycles. The minimum Gasteiger partial charge on any atom is -0.379 e. The molecule has 23 heavy (non-hydrogen) atoms. The van der Waals surface area contributed by atoms with E-state index < -0.39 is 0 Å². The van der Waals surface area contributed by atoms with Crippen LogP contribution in [0, 0.1) is 5.92 Å². The lowest BCUT2D eigenvalue weighted by molar-refractivity contribution is 0.0524. The fraction of sp³-hybridized carbons (Fsp3) is 0.588. The van der Waals surface area contributed by atoms with Gasteiger partial charge in [0.15, 0.2) is 0 Å². The van der Waals surface area contributed by atoms with E-state index in [-0.39, 0.29) is 0 Å². The second kappa shape index (κ2) is 6.89. The average Bonchev–Trinajstić information content (AvgIpc) is 3.19. The number of pyridine rings is 1. The number of ether oxygens (including phenoxy) is 1. The SMILES string of the molecule is Brc1ccc2nc(CNC3CCCC3C3COCCN3)cn2c1. The van der Waals surface area contributed by atoms with Gasteiger partial charge in [-0.25, -0.2) is 4.98 Å². The van der Waals surface area contributed by atoms with E-state index in [4.69, 9.17) is 9.72 Å². The van der Waals surface area contributed by atoms with E-state index in [1.807, 2.05) is 18.3 Å². The van der Waals surface area contributed by atoms with Crippen molar-refractivity contribution in [1.82, 2.24) is 20.0 Å². The third-order valence-electron chi connectivity index (χ3n) is 5.05. The molecule has 5 nitrogen and oxygen atoms in total. The number of halogens is 1. The maximum Gasteiger partial charge on any atom is 0.137 e. The molecule has 4 rings (SSSR count). The van der Waals surface area contributed by atoms with Crippen molar-refractivity contribution in [3.05, 3.63) is 34.7 Å². The lowest BCUT2D eigenvalue weighted by atomic mass is 9.94. The minimum absolute atomic E-state index is 0.501. The number of hydrogen-bond donors (Lipinski definition) is 2. The van der Waals surface area contributed by atoms with Gasteiger partial charge in [0.2, 0.25) is 0 Å². The molecule has 2 aliphatic rings. The molecule has 3 unspecified atom stereocenters. The molecule has 0 amide bonds. The number of hydrogen-bond acceptors (Lipinski definition) is 4. The van der Waals surface area contributed by atoms with Crippen LogP contribution in [0.4, 0.5) is 0 Å². The molecule has 1 aliphatic carbocycles. The summed E-state index contributed by atoms with van der Waals surface area (Å²) in [5.41, 5.74) is 2.09. The number of aromatic nitrogens is 2. The Morgan fingerprint density at radius 1 is 1.35 bits per heavy atom. The maximum absolute atomic E-state index is 5.65. The van der Waals surface area contributed by atoms with E-state index in [9.17, 15) is 0 Å². The van der Waals surface area contributed by atoms with Gasteiger partial charge in [-0.1, -0.05) is 6.42 Å². The van der Waals surface area contributed by atoms with Crippen LogP contribution in [0.2, 0.25) is 0 Å². The monoisotopic (exact) mass is 378 g/mol. The maximum atomic E-state index is 5.65. The van der Waals surface area contributed by atoms with Crippen molar-refractivity contribution in [3.63, 3.8) is 0 Å². The van der Waals surface area contributed by atoms with Crippen molar-refractivity contribution in [2.45, 2.75) is 37.9 Å². The molecule has 0 aromatic carbocycles. The van der Waals surface area contributed by atoms with Gasteiger partial charge in [-0.2, -0.15) is 0 Å². The number of nitrogens with one attached hydrogen (secondary N) is 2. The molecule has 2 aromatic heterocycles. The number of morpholine rings is 1. The van der Waals surface area contributed by atoms with Crippen LogP contribution in [-0.2, 0) is 11.3 Å². The van der Waals surface area contributed by atoms with Crippen LogP contribution in [0.5, 0.6) is 0 Å². The normalized spacial score (nSPS) is 28.5. The third kappa shape index (κ3) is 3.45. The van der Waals surface area contributed by atoms with E-state index in [2.05, 4.69) is 37.2 Å². The predicted molar refractivity (Wildman–Crippen MR) is 93.5 cm³/mol. The molecule has 2 N–H and O–H groups in total. The highest BCUT2D eigenvalue weighted by Gasteiger charge is 2.34. The van der Waals surface area contributed by atoms with Crippen LogP contribution in [0.25, 0.3) is 5.65 Å². The standard InChI is InChI=1S/C17H23BrN4O/c18-12-4-5-17-21-13(10-22(17)9-12)8-20-15-3-1-2-14(15)16-11-23-7-6-19-16/h4-5,9-10,14-16,19-20H,1-3,6-8,11H2. The van der Waals surface area contributed by atoms with E-state index in [0.717, 1.165) is 42.1 Å². The quantitative estimate of drug-likeness (QED) is 0.857. The zero-order chi connectivity index (χ0) is 15.6. The second-order valence-corrected chi connectivity index (χ2v) is 7.48. The molecule has 0 radical (unpaired) electrons. The highest BCUT2D eigenvalue weighted by Crippen LogP contribution is 2.29. The summed E-state index contributed by atoms with van der Waals surface area (Å²) < 4.78 is 8.79. The highest BCUT2D eigenvalue weighted by atomic mass is 79.9. The number of fused-ring (bicyclic) bond motifs is 1. The molecule has 0 spiro atoms. The molecule has 6 heteroatoms. The van der Waals surface area contributed by atoms with Crippen molar-refractivity contribution in [1.29, 1.82) is 0 Å². The molecule has 2 aromatic rings. The van der Waals surface area contributed by atoms with Gasteiger partial charge in [-0.05, 0) is 46.8 Å². The summed E-state index contributed by atoms with van der Waals surface area (Å²) in [6, 6.07) is 5.13. The van der Waals surface area contributed by atoms with E-state index in [1.54, 1.807) is 0 Å². The third-order valence-corrected chi connectivity index (χ3v) is 5.52. The van der Waals surface area contributed by atoms with Gasteiger partial charge in [-0.3, -0.25) is 0 Å². The number of nitrogens with zero attached hydrogens (tertiary/aromatic N) is 2. The Hall–Kier alpha value is -0.950. The topological polar surface area (TPSA) is 50.6 Å². The Kier molecular flexibility index (Phi) is 4.66. The molecular weight excluding hydrogens is 356 g/mol. The first-order valence-corrected chi connectivity index (χ1v) is 9.26.